The number of morpholine rings is 1. The number of guanidine groups is 1. The third kappa shape index (κ3) is 8.37. The molecule has 2 N–H and O–H groups in total. The van der Waals surface area contributed by atoms with Gasteiger partial charge in [0.1, 0.15) is 0 Å². The van der Waals surface area contributed by atoms with Gasteiger partial charge in [-0.15, -0.1) is 0 Å². The third-order valence-corrected chi connectivity index (χ3v) is 4.90. The lowest BCUT2D eigenvalue weighted by Crippen LogP contribution is -2.45. The first-order valence-corrected chi connectivity index (χ1v) is 9.00. The highest BCUT2D eigenvalue weighted by Gasteiger charge is 2.26. The quantitative estimate of drug-likeness (QED) is 0.499. The van der Waals surface area contributed by atoms with Gasteiger partial charge >= 0.3 is 6.18 Å². The van der Waals surface area contributed by atoms with Crippen molar-refractivity contribution in [2.75, 3.05) is 51.7 Å². The van der Waals surface area contributed by atoms with Crippen molar-refractivity contribution in [3.8, 4) is 0 Å². The van der Waals surface area contributed by atoms with Crippen molar-refractivity contribution in [3.63, 3.8) is 0 Å². The highest BCUT2D eigenvalue weighted by atomic mass is 32.2. The van der Waals surface area contributed by atoms with Crippen LogP contribution in [0.25, 0.3) is 0 Å². The second-order valence-corrected chi connectivity index (χ2v) is 6.97. The lowest BCUT2D eigenvalue weighted by Gasteiger charge is -2.26. The number of hydrogen-bond acceptors (Lipinski definition) is 4. The van der Waals surface area contributed by atoms with Crippen LogP contribution in [-0.4, -0.2) is 76.5 Å². The molecule has 11 heteroatoms. The Morgan fingerprint density at radius 3 is 2.48 bits per heavy atom. The Kier molecular flexibility index (Phi) is 8.06. The van der Waals surface area contributed by atoms with Gasteiger partial charge in [-0.1, -0.05) is 0 Å². The van der Waals surface area contributed by atoms with E-state index < -0.39 is 29.2 Å². The summed E-state index contributed by atoms with van der Waals surface area (Å²) in [5.41, 5.74) is 0. The van der Waals surface area contributed by atoms with Crippen molar-refractivity contribution < 1.29 is 26.3 Å². The normalized spacial score (nSPS) is 18.0. The molecule has 0 unspecified atom stereocenters. The van der Waals surface area contributed by atoms with Crippen LogP contribution < -0.4 is 10.6 Å². The molecule has 0 amide bonds. The van der Waals surface area contributed by atoms with Gasteiger partial charge in [0.25, 0.3) is 0 Å². The Labute approximate surface area is 134 Å². The van der Waals surface area contributed by atoms with Crippen LogP contribution >= 0.6 is 0 Å². The largest absolute Gasteiger partial charge is 0.390 e. The minimum atomic E-state index is -4.26. The smallest absolute Gasteiger partial charge is 0.379 e. The number of nitrogens with zero attached hydrogens (tertiary/aromatic N) is 2. The number of rotatable bonds is 7. The van der Waals surface area contributed by atoms with E-state index in [0.717, 1.165) is 0 Å². The predicted octanol–water partition coefficient (Wildman–Crippen LogP) is 0.156. The molecule has 1 rings (SSSR count). The van der Waals surface area contributed by atoms with Gasteiger partial charge in [0, 0.05) is 26.2 Å². The molecule has 1 saturated heterocycles. The van der Waals surface area contributed by atoms with E-state index in [1.54, 1.807) is 6.92 Å². The summed E-state index contributed by atoms with van der Waals surface area (Å²) in [7, 11) is -3.41. The van der Waals surface area contributed by atoms with Crippen molar-refractivity contribution >= 4 is 16.0 Å². The molecule has 1 heterocycles. The van der Waals surface area contributed by atoms with E-state index in [9.17, 15) is 21.6 Å². The molecule has 136 valence electrons. The second kappa shape index (κ2) is 9.28. The summed E-state index contributed by atoms with van der Waals surface area (Å²) in [4.78, 5) is 3.78. The first kappa shape index (κ1) is 20.0. The topological polar surface area (TPSA) is 83.0 Å². The molecule has 1 fully saturated rings. The van der Waals surface area contributed by atoms with Crippen molar-refractivity contribution in [2.45, 2.75) is 19.5 Å². The SMILES string of the molecule is CCNC(=NCCC(F)(F)F)NCCS(=O)(=O)N1CCOCC1. The van der Waals surface area contributed by atoms with Crippen LogP contribution in [0.2, 0.25) is 0 Å². The van der Waals surface area contributed by atoms with E-state index in [-0.39, 0.29) is 18.3 Å². The van der Waals surface area contributed by atoms with Gasteiger partial charge in [-0.05, 0) is 6.92 Å². The second-order valence-electron chi connectivity index (χ2n) is 4.88. The zero-order chi connectivity index (χ0) is 17.3. The summed E-state index contributed by atoms with van der Waals surface area (Å²) in [6.45, 7) is 3.28. The van der Waals surface area contributed by atoms with Crippen LogP contribution in [0.3, 0.4) is 0 Å². The number of nitrogens with one attached hydrogen (secondary N) is 2. The molecule has 23 heavy (non-hydrogen) atoms. The first-order valence-electron chi connectivity index (χ1n) is 7.39. The Morgan fingerprint density at radius 1 is 1.26 bits per heavy atom. The summed E-state index contributed by atoms with van der Waals surface area (Å²) in [6, 6.07) is 0. The van der Waals surface area contributed by atoms with E-state index in [4.69, 9.17) is 4.74 Å². The molecule has 0 bridgehead atoms. The number of hydrogen-bond donors (Lipinski definition) is 2. The van der Waals surface area contributed by atoms with Crippen molar-refractivity contribution in [1.29, 1.82) is 0 Å². The molecule has 7 nitrogen and oxygen atoms in total. The molecular formula is C12H23F3N4O3S. The number of alkyl halides is 3. The van der Waals surface area contributed by atoms with Gasteiger partial charge in [0.05, 0.1) is 31.9 Å². The van der Waals surface area contributed by atoms with Gasteiger partial charge in [-0.25, -0.2) is 8.42 Å². The van der Waals surface area contributed by atoms with Gasteiger partial charge in [0.2, 0.25) is 10.0 Å². The fourth-order valence-electron chi connectivity index (χ4n) is 1.89. The van der Waals surface area contributed by atoms with Gasteiger partial charge in [-0.3, -0.25) is 4.99 Å². The van der Waals surface area contributed by atoms with E-state index in [1.165, 1.54) is 4.31 Å². The lowest BCUT2D eigenvalue weighted by molar-refractivity contribution is -0.132. The van der Waals surface area contributed by atoms with E-state index in [2.05, 4.69) is 15.6 Å². The van der Waals surface area contributed by atoms with Crippen molar-refractivity contribution in [1.82, 2.24) is 14.9 Å². The van der Waals surface area contributed by atoms with Gasteiger partial charge in [-0.2, -0.15) is 17.5 Å². The Balaban J connectivity index is 2.43. The average Bonchev–Trinajstić information content (AvgIpc) is 2.47. The molecule has 0 aliphatic carbocycles. The maximum Gasteiger partial charge on any atom is 0.390 e. The van der Waals surface area contributed by atoms with Crippen molar-refractivity contribution in [2.24, 2.45) is 4.99 Å². The number of halogens is 3. The monoisotopic (exact) mass is 360 g/mol. The molecule has 0 aromatic rings. The van der Waals surface area contributed by atoms with E-state index in [1.807, 2.05) is 0 Å². The minimum Gasteiger partial charge on any atom is -0.379 e. The van der Waals surface area contributed by atoms with Crippen LogP contribution in [0.5, 0.6) is 0 Å². The molecular weight excluding hydrogens is 337 g/mol. The molecule has 0 radical (unpaired) electrons. The van der Waals surface area contributed by atoms with Gasteiger partial charge < -0.3 is 15.4 Å². The van der Waals surface area contributed by atoms with Gasteiger partial charge in [0.15, 0.2) is 5.96 Å². The minimum absolute atomic E-state index is 0.0670. The molecule has 0 saturated carbocycles. The Bertz CT molecular complexity index is 476. The van der Waals surface area contributed by atoms with Crippen LogP contribution in [0.4, 0.5) is 13.2 Å². The summed E-state index contributed by atoms with van der Waals surface area (Å²) < 4.78 is 66.9. The van der Waals surface area contributed by atoms with Crippen LogP contribution in [0.15, 0.2) is 4.99 Å². The van der Waals surface area contributed by atoms with E-state index >= 15 is 0 Å². The summed E-state index contributed by atoms with van der Waals surface area (Å²) in [6.07, 6.45) is -5.28. The zero-order valence-electron chi connectivity index (χ0n) is 13.0. The molecule has 0 spiro atoms. The molecule has 0 aromatic heterocycles. The zero-order valence-corrected chi connectivity index (χ0v) is 13.8. The highest BCUT2D eigenvalue weighted by Crippen LogP contribution is 2.18. The molecule has 0 aromatic carbocycles. The molecule has 1 aliphatic rings. The van der Waals surface area contributed by atoms with Crippen molar-refractivity contribution in [3.05, 3.63) is 0 Å². The van der Waals surface area contributed by atoms with Crippen LogP contribution in [0, 0.1) is 0 Å². The lowest BCUT2D eigenvalue weighted by atomic mass is 10.4. The summed E-state index contributed by atoms with van der Waals surface area (Å²) in [5, 5.41) is 5.51. The Morgan fingerprint density at radius 2 is 1.91 bits per heavy atom. The fourth-order valence-corrected chi connectivity index (χ4v) is 3.21. The Hall–Kier alpha value is -1.07. The van der Waals surface area contributed by atoms with Crippen LogP contribution in [0.1, 0.15) is 13.3 Å². The molecule has 0 atom stereocenters. The summed E-state index contributed by atoms with van der Waals surface area (Å²) >= 11 is 0. The standard InChI is InChI=1S/C12H23F3N4O3S/c1-2-16-11(17-4-3-12(13,14)15)18-5-10-23(20,21)19-6-8-22-9-7-19/h2-10H2,1H3,(H2,16,17,18). The third-order valence-electron chi connectivity index (χ3n) is 3.03. The number of sulfonamides is 1. The molecule has 1 aliphatic heterocycles. The average molecular weight is 360 g/mol. The number of ether oxygens (including phenoxy) is 1. The van der Waals surface area contributed by atoms with E-state index in [0.29, 0.717) is 32.8 Å². The maximum absolute atomic E-state index is 12.1. The van der Waals surface area contributed by atoms with Crippen LogP contribution in [-0.2, 0) is 14.8 Å². The maximum atomic E-state index is 12.1. The number of aliphatic imine (C=N–C) groups is 1. The summed E-state index contributed by atoms with van der Waals surface area (Å²) in [5.74, 6) is 0.0189. The fraction of sp³-hybridized carbons (Fsp3) is 0.917. The highest BCUT2D eigenvalue weighted by molar-refractivity contribution is 7.89. The predicted molar refractivity (Wildman–Crippen MR) is 80.8 cm³/mol. The first-order chi connectivity index (χ1) is 10.7.